The van der Waals surface area contributed by atoms with Gasteiger partial charge in [-0.25, -0.2) is 13.4 Å². The zero-order valence-electron chi connectivity index (χ0n) is 11.8. The van der Waals surface area contributed by atoms with Crippen molar-refractivity contribution < 1.29 is 8.42 Å². The topological polar surface area (TPSA) is 59.1 Å². The van der Waals surface area contributed by atoms with Crippen molar-refractivity contribution in [3.63, 3.8) is 0 Å². The molecule has 0 unspecified atom stereocenters. The molecule has 108 valence electrons. The van der Waals surface area contributed by atoms with E-state index in [-0.39, 0.29) is 5.41 Å². The van der Waals surface area contributed by atoms with E-state index in [9.17, 15) is 8.42 Å². The molecule has 2 heterocycles. The largest absolute Gasteiger partial charge is 0.308 e. The molecule has 1 aromatic heterocycles. The van der Waals surface area contributed by atoms with E-state index in [0.717, 1.165) is 30.1 Å². The Labute approximate surface area is 119 Å². The highest BCUT2D eigenvalue weighted by Gasteiger charge is 2.23. The number of hydrogen-bond acceptors (Lipinski definition) is 5. The summed E-state index contributed by atoms with van der Waals surface area (Å²) in [5, 5.41) is 6.62. The third kappa shape index (κ3) is 4.26. The molecule has 1 N–H and O–H groups in total. The summed E-state index contributed by atoms with van der Waals surface area (Å²) in [5.41, 5.74) is 1.22. The van der Waals surface area contributed by atoms with E-state index >= 15 is 0 Å². The van der Waals surface area contributed by atoms with Crippen LogP contribution in [0.1, 0.15) is 44.3 Å². The summed E-state index contributed by atoms with van der Waals surface area (Å²) in [5.74, 6) is 0.631. The van der Waals surface area contributed by atoms with Crippen LogP contribution in [0, 0.1) is 0 Å². The molecule has 19 heavy (non-hydrogen) atoms. The molecular weight excluding hydrogens is 280 g/mol. The maximum absolute atomic E-state index is 11.3. The van der Waals surface area contributed by atoms with E-state index in [1.807, 2.05) is 0 Å². The second-order valence-corrected chi connectivity index (χ2v) is 9.43. The van der Waals surface area contributed by atoms with Crippen molar-refractivity contribution in [2.45, 2.75) is 51.6 Å². The number of nitrogens with one attached hydrogen (secondary N) is 1. The van der Waals surface area contributed by atoms with Gasteiger partial charge in [-0.3, -0.25) is 0 Å². The van der Waals surface area contributed by atoms with Gasteiger partial charge in [-0.1, -0.05) is 20.8 Å². The van der Waals surface area contributed by atoms with Crippen LogP contribution >= 0.6 is 11.3 Å². The molecule has 1 aliphatic heterocycles. The van der Waals surface area contributed by atoms with E-state index in [1.165, 1.54) is 0 Å². The van der Waals surface area contributed by atoms with Crippen LogP contribution in [0.4, 0.5) is 0 Å². The lowest BCUT2D eigenvalue weighted by molar-refractivity contribution is 0.461. The molecule has 0 bridgehead atoms. The molecule has 2 rings (SSSR count). The Morgan fingerprint density at radius 3 is 2.53 bits per heavy atom. The summed E-state index contributed by atoms with van der Waals surface area (Å²) in [6.07, 6.45) is 1.44. The van der Waals surface area contributed by atoms with Gasteiger partial charge in [-0.05, 0) is 12.8 Å². The molecule has 1 saturated heterocycles. The highest BCUT2D eigenvalue weighted by atomic mass is 32.2. The predicted molar refractivity (Wildman–Crippen MR) is 79.3 cm³/mol. The third-order valence-electron chi connectivity index (χ3n) is 3.42. The molecule has 0 amide bonds. The number of nitrogens with zero attached hydrogens (tertiary/aromatic N) is 1. The lowest BCUT2D eigenvalue weighted by Crippen LogP contribution is -2.37. The lowest BCUT2D eigenvalue weighted by Gasteiger charge is -2.22. The van der Waals surface area contributed by atoms with Crippen molar-refractivity contribution in [3.8, 4) is 0 Å². The Bertz CT molecular complexity index is 515. The van der Waals surface area contributed by atoms with Crippen LogP contribution in [0.25, 0.3) is 0 Å². The second kappa shape index (κ2) is 5.50. The molecule has 0 aromatic carbocycles. The maximum Gasteiger partial charge on any atom is 0.150 e. The molecule has 0 aliphatic carbocycles. The molecule has 1 aromatic rings. The predicted octanol–water partition coefficient (Wildman–Crippen LogP) is 2.11. The Hall–Kier alpha value is -0.460. The fourth-order valence-electron chi connectivity index (χ4n) is 2.06. The van der Waals surface area contributed by atoms with Crippen molar-refractivity contribution in [1.82, 2.24) is 10.3 Å². The molecule has 0 spiro atoms. The van der Waals surface area contributed by atoms with Crippen LogP contribution in [0.5, 0.6) is 0 Å². The molecule has 0 atom stereocenters. The first-order valence-electron chi connectivity index (χ1n) is 6.65. The van der Waals surface area contributed by atoms with Crippen molar-refractivity contribution in [2.24, 2.45) is 0 Å². The first kappa shape index (κ1) is 14.9. The molecule has 6 heteroatoms. The summed E-state index contributed by atoms with van der Waals surface area (Å²) in [6.45, 7) is 7.22. The van der Waals surface area contributed by atoms with Gasteiger partial charge in [0.15, 0.2) is 0 Å². The van der Waals surface area contributed by atoms with Crippen LogP contribution in [-0.2, 0) is 21.8 Å². The summed E-state index contributed by atoms with van der Waals surface area (Å²) < 4.78 is 22.7. The van der Waals surface area contributed by atoms with Crippen molar-refractivity contribution in [1.29, 1.82) is 0 Å². The van der Waals surface area contributed by atoms with Gasteiger partial charge in [0, 0.05) is 23.4 Å². The number of thiazole rings is 1. The zero-order chi connectivity index (χ0) is 14.1. The number of hydrogen-bond donors (Lipinski definition) is 1. The minimum Gasteiger partial charge on any atom is -0.308 e. The second-order valence-electron chi connectivity index (χ2n) is 6.18. The molecular formula is C13H22N2O2S2. The Morgan fingerprint density at radius 2 is 2.00 bits per heavy atom. The smallest absolute Gasteiger partial charge is 0.150 e. The van der Waals surface area contributed by atoms with Crippen molar-refractivity contribution >= 4 is 21.2 Å². The Morgan fingerprint density at radius 1 is 1.37 bits per heavy atom. The van der Waals surface area contributed by atoms with E-state index in [0.29, 0.717) is 17.5 Å². The van der Waals surface area contributed by atoms with E-state index in [1.54, 1.807) is 11.3 Å². The summed E-state index contributed by atoms with van der Waals surface area (Å²) in [7, 11) is -2.77. The van der Waals surface area contributed by atoms with Crippen LogP contribution < -0.4 is 5.32 Å². The monoisotopic (exact) mass is 302 g/mol. The Kier molecular flexibility index (Phi) is 4.32. The van der Waals surface area contributed by atoms with Gasteiger partial charge in [0.05, 0.1) is 17.2 Å². The van der Waals surface area contributed by atoms with Gasteiger partial charge < -0.3 is 5.32 Å². The van der Waals surface area contributed by atoms with E-state index in [4.69, 9.17) is 0 Å². The highest BCUT2D eigenvalue weighted by molar-refractivity contribution is 7.91. The number of rotatable bonds is 3. The first-order chi connectivity index (χ1) is 8.76. The normalized spacial score (nSPS) is 20.6. The summed E-state index contributed by atoms with van der Waals surface area (Å²) >= 11 is 1.67. The fraction of sp³-hybridized carbons (Fsp3) is 0.769. The van der Waals surface area contributed by atoms with Gasteiger partial charge in [-0.15, -0.1) is 11.3 Å². The lowest BCUT2D eigenvalue weighted by atomic mass is 9.93. The fourth-order valence-corrected chi connectivity index (χ4v) is 4.53. The van der Waals surface area contributed by atoms with Crippen LogP contribution in [-0.4, -0.2) is 30.9 Å². The maximum atomic E-state index is 11.3. The van der Waals surface area contributed by atoms with Crippen LogP contribution in [0.2, 0.25) is 0 Å². The average molecular weight is 302 g/mol. The van der Waals surface area contributed by atoms with Crippen LogP contribution in [0.15, 0.2) is 5.38 Å². The van der Waals surface area contributed by atoms with E-state index in [2.05, 4.69) is 36.5 Å². The zero-order valence-corrected chi connectivity index (χ0v) is 13.4. The van der Waals surface area contributed by atoms with Gasteiger partial charge >= 0.3 is 0 Å². The minimum atomic E-state index is -2.77. The van der Waals surface area contributed by atoms with Crippen LogP contribution in [0.3, 0.4) is 0 Å². The third-order valence-corrected chi connectivity index (χ3v) is 5.98. The summed E-state index contributed by atoms with van der Waals surface area (Å²) in [6, 6.07) is 0.311. The van der Waals surface area contributed by atoms with Gasteiger partial charge in [0.2, 0.25) is 0 Å². The van der Waals surface area contributed by atoms with Gasteiger partial charge in [0.1, 0.15) is 14.8 Å². The van der Waals surface area contributed by atoms with Gasteiger partial charge in [0.25, 0.3) is 0 Å². The minimum absolute atomic E-state index is 0.0909. The Balaban J connectivity index is 1.85. The van der Waals surface area contributed by atoms with E-state index < -0.39 is 9.84 Å². The molecule has 0 saturated carbocycles. The standard InChI is InChI=1S/C13H22N2O2S2/c1-13(2,3)11-9-18-12(15-11)8-14-10-4-6-19(16,17)7-5-10/h9-10,14H,4-8H2,1-3H3. The van der Waals surface area contributed by atoms with Gasteiger partial charge in [-0.2, -0.15) is 0 Å². The highest BCUT2D eigenvalue weighted by Crippen LogP contribution is 2.24. The van der Waals surface area contributed by atoms with Crippen molar-refractivity contribution in [3.05, 3.63) is 16.1 Å². The molecule has 1 fully saturated rings. The quantitative estimate of drug-likeness (QED) is 0.929. The number of aromatic nitrogens is 1. The average Bonchev–Trinajstić information content (AvgIpc) is 2.76. The SMILES string of the molecule is CC(C)(C)c1csc(CNC2CCS(=O)(=O)CC2)n1. The first-order valence-corrected chi connectivity index (χ1v) is 9.35. The molecule has 1 aliphatic rings. The van der Waals surface area contributed by atoms with Crippen molar-refractivity contribution in [2.75, 3.05) is 11.5 Å². The number of sulfone groups is 1. The molecule has 0 radical (unpaired) electrons. The summed E-state index contributed by atoms with van der Waals surface area (Å²) in [4.78, 5) is 4.63. The molecule has 4 nitrogen and oxygen atoms in total.